The van der Waals surface area contributed by atoms with Crippen LogP contribution in [0.15, 0.2) is 36.5 Å². The molecular formula is C17H13F3N4O2. The monoisotopic (exact) mass is 362 g/mol. The number of hydrogen-bond acceptors (Lipinski definition) is 4. The number of amides is 1. The minimum absolute atomic E-state index is 0.0158. The second-order valence-electron chi connectivity index (χ2n) is 6.14. The summed E-state index contributed by atoms with van der Waals surface area (Å²) in [5.74, 6) is -0.715. The first-order valence-corrected chi connectivity index (χ1v) is 7.89. The summed E-state index contributed by atoms with van der Waals surface area (Å²) in [5.41, 5.74) is -0.540. The average Bonchev–Trinajstić information content (AvgIpc) is 3.32. The van der Waals surface area contributed by atoms with Crippen molar-refractivity contribution in [1.82, 2.24) is 14.6 Å². The fourth-order valence-electron chi connectivity index (χ4n) is 2.71. The molecule has 0 spiro atoms. The summed E-state index contributed by atoms with van der Waals surface area (Å²) in [7, 11) is 0. The van der Waals surface area contributed by atoms with E-state index >= 15 is 0 Å². The molecular weight excluding hydrogens is 349 g/mol. The zero-order chi connectivity index (χ0) is 18.5. The van der Waals surface area contributed by atoms with Crippen molar-refractivity contribution >= 4 is 17.2 Å². The molecule has 1 saturated carbocycles. The number of halogens is 3. The summed E-state index contributed by atoms with van der Waals surface area (Å²) < 4.78 is 40.7. The number of aromatic hydroxyl groups is 1. The van der Waals surface area contributed by atoms with Crippen LogP contribution in [0.5, 0.6) is 5.75 Å². The summed E-state index contributed by atoms with van der Waals surface area (Å²) in [6, 6.07) is 6.84. The minimum Gasteiger partial charge on any atom is -0.508 e. The number of carbonyl (C=O) groups excluding carboxylic acids is 1. The third-order valence-electron chi connectivity index (χ3n) is 4.13. The molecule has 26 heavy (non-hydrogen) atoms. The van der Waals surface area contributed by atoms with Gasteiger partial charge in [-0.2, -0.15) is 18.3 Å². The maximum atomic E-state index is 13.4. The summed E-state index contributed by atoms with van der Waals surface area (Å²) in [6.07, 6.45) is -2.00. The molecule has 0 bridgehead atoms. The van der Waals surface area contributed by atoms with Crippen LogP contribution in [0.25, 0.3) is 5.65 Å². The van der Waals surface area contributed by atoms with Crippen LogP contribution in [-0.4, -0.2) is 25.6 Å². The molecule has 2 heterocycles. The molecule has 2 aromatic heterocycles. The number of aromatic nitrogens is 3. The van der Waals surface area contributed by atoms with Gasteiger partial charge in [0.2, 0.25) is 0 Å². The van der Waals surface area contributed by atoms with E-state index in [1.807, 2.05) is 0 Å². The number of nitrogens with one attached hydrogen (secondary N) is 1. The van der Waals surface area contributed by atoms with Gasteiger partial charge in [0.05, 0.1) is 6.20 Å². The molecule has 1 aliphatic carbocycles. The zero-order valence-electron chi connectivity index (χ0n) is 13.3. The number of rotatable bonds is 3. The lowest BCUT2D eigenvalue weighted by molar-refractivity contribution is -0.142. The fourth-order valence-corrected chi connectivity index (χ4v) is 2.71. The topological polar surface area (TPSA) is 79.5 Å². The molecule has 1 aliphatic rings. The normalized spacial score (nSPS) is 14.6. The first kappa shape index (κ1) is 16.4. The molecule has 9 heteroatoms. The third kappa shape index (κ3) is 2.96. The smallest absolute Gasteiger partial charge is 0.433 e. The van der Waals surface area contributed by atoms with Crippen LogP contribution in [0.3, 0.4) is 0 Å². The van der Waals surface area contributed by atoms with Crippen LogP contribution in [0.4, 0.5) is 18.9 Å². The maximum absolute atomic E-state index is 13.4. The lowest BCUT2D eigenvalue weighted by Gasteiger charge is -2.11. The van der Waals surface area contributed by atoms with E-state index in [1.54, 1.807) is 6.07 Å². The van der Waals surface area contributed by atoms with E-state index in [1.165, 1.54) is 18.2 Å². The number of nitrogens with zero attached hydrogens (tertiary/aromatic N) is 3. The largest absolute Gasteiger partial charge is 0.508 e. The second kappa shape index (κ2) is 5.72. The lowest BCUT2D eigenvalue weighted by atomic mass is 10.2. The Morgan fingerprint density at radius 1 is 1.27 bits per heavy atom. The standard InChI is InChI=1S/C17H13F3N4O2/c18-17(19,20)14-7-13(9-4-5-9)23-15-12(8-21-24(14)15)16(26)22-10-2-1-3-11(25)6-10/h1-3,6-9,25H,4-5H2,(H,22,26). The van der Waals surface area contributed by atoms with E-state index in [9.17, 15) is 23.1 Å². The summed E-state index contributed by atoms with van der Waals surface area (Å²) >= 11 is 0. The lowest BCUT2D eigenvalue weighted by Crippen LogP contribution is -2.16. The maximum Gasteiger partial charge on any atom is 0.433 e. The molecule has 1 aromatic carbocycles. The van der Waals surface area contributed by atoms with E-state index < -0.39 is 17.8 Å². The molecule has 2 N–H and O–H groups in total. The number of anilines is 1. The highest BCUT2D eigenvalue weighted by Crippen LogP contribution is 2.41. The Balaban J connectivity index is 1.78. The van der Waals surface area contributed by atoms with Gasteiger partial charge in [-0.3, -0.25) is 4.79 Å². The Bertz CT molecular complexity index is 1010. The molecule has 1 amide bonds. The predicted molar refractivity (Wildman–Crippen MR) is 86.0 cm³/mol. The van der Waals surface area contributed by atoms with Crippen LogP contribution < -0.4 is 5.32 Å². The third-order valence-corrected chi connectivity index (χ3v) is 4.13. The minimum atomic E-state index is -4.62. The predicted octanol–water partition coefficient (Wildman–Crippen LogP) is 3.58. The highest BCUT2D eigenvalue weighted by molar-refractivity contribution is 6.08. The fraction of sp³-hybridized carbons (Fsp3) is 0.235. The van der Waals surface area contributed by atoms with Gasteiger partial charge in [-0.25, -0.2) is 9.50 Å². The van der Waals surface area contributed by atoms with Crippen molar-refractivity contribution in [2.24, 2.45) is 0 Å². The van der Waals surface area contributed by atoms with Gasteiger partial charge in [-0.1, -0.05) is 6.07 Å². The van der Waals surface area contributed by atoms with Crippen LogP contribution in [0.2, 0.25) is 0 Å². The van der Waals surface area contributed by atoms with Crippen molar-refractivity contribution < 1.29 is 23.1 Å². The number of carbonyl (C=O) groups is 1. The van der Waals surface area contributed by atoms with E-state index in [4.69, 9.17) is 0 Å². The summed E-state index contributed by atoms with van der Waals surface area (Å²) in [6.45, 7) is 0. The number of phenols is 1. The Hall–Kier alpha value is -3.10. The first-order chi connectivity index (χ1) is 12.3. The number of hydrogen-bond donors (Lipinski definition) is 2. The summed E-state index contributed by atoms with van der Waals surface area (Å²) in [5, 5.41) is 15.7. The van der Waals surface area contributed by atoms with Crippen LogP contribution >= 0.6 is 0 Å². The van der Waals surface area contributed by atoms with Crippen molar-refractivity contribution in [3.63, 3.8) is 0 Å². The van der Waals surface area contributed by atoms with Gasteiger partial charge in [-0.15, -0.1) is 0 Å². The molecule has 6 nitrogen and oxygen atoms in total. The SMILES string of the molecule is O=C(Nc1cccc(O)c1)c1cnn2c(C(F)(F)F)cc(C3CC3)nc12. The molecule has 0 atom stereocenters. The van der Waals surface area contributed by atoms with E-state index in [2.05, 4.69) is 15.4 Å². The number of fused-ring (bicyclic) bond motifs is 1. The van der Waals surface area contributed by atoms with Gasteiger partial charge in [-0.05, 0) is 31.0 Å². The van der Waals surface area contributed by atoms with E-state index in [-0.39, 0.29) is 22.9 Å². The number of alkyl halides is 3. The van der Waals surface area contributed by atoms with Gasteiger partial charge in [0.25, 0.3) is 5.91 Å². The molecule has 0 radical (unpaired) electrons. The number of benzene rings is 1. The van der Waals surface area contributed by atoms with Gasteiger partial charge in [0.15, 0.2) is 5.65 Å². The highest BCUT2D eigenvalue weighted by Gasteiger charge is 2.37. The molecule has 134 valence electrons. The number of phenolic OH excluding ortho intramolecular Hbond substituents is 1. The molecule has 1 fully saturated rings. The van der Waals surface area contributed by atoms with Crippen LogP contribution in [0.1, 0.15) is 40.5 Å². The zero-order valence-corrected chi connectivity index (χ0v) is 13.3. The van der Waals surface area contributed by atoms with Gasteiger partial charge in [0.1, 0.15) is 17.0 Å². The Labute approximate surface area is 145 Å². The molecule has 4 rings (SSSR count). The van der Waals surface area contributed by atoms with Crippen LogP contribution in [-0.2, 0) is 6.18 Å². The van der Waals surface area contributed by atoms with Crippen molar-refractivity contribution in [3.05, 3.63) is 53.5 Å². The first-order valence-electron chi connectivity index (χ1n) is 7.89. The van der Waals surface area contributed by atoms with Crippen molar-refractivity contribution in [2.45, 2.75) is 24.9 Å². The summed E-state index contributed by atoms with van der Waals surface area (Å²) in [4.78, 5) is 16.7. The van der Waals surface area contributed by atoms with Gasteiger partial charge in [0, 0.05) is 23.4 Å². The average molecular weight is 362 g/mol. The quantitative estimate of drug-likeness (QED) is 0.746. The Morgan fingerprint density at radius 3 is 2.69 bits per heavy atom. The van der Waals surface area contributed by atoms with Gasteiger partial charge >= 0.3 is 6.18 Å². The Morgan fingerprint density at radius 2 is 2.04 bits per heavy atom. The van der Waals surface area contributed by atoms with Crippen molar-refractivity contribution in [1.29, 1.82) is 0 Å². The molecule has 0 saturated heterocycles. The van der Waals surface area contributed by atoms with Gasteiger partial charge < -0.3 is 10.4 Å². The van der Waals surface area contributed by atoms with Crippen LogP contribution in [0, 0.1) is 0 Å². The molecule has 3 aromatic rings. The molecule has 0 unspecified atom stereocenters. The Kier molecular flexibility index (Phi) is 3.60. The van der Waals surface area contributed by atoms with Crippen molar-refractivity contribution in [2.75, 3.05) is 5.32 Å². The van der Waals surface area contributed by atoms with E-state index in [0.717, 1.165) is 25.1 Å². The molecule has 0 aliphatic heterocycles. The highest BCUT2D eigenvalue weighted by atomic mass is 19.4. The van der Waals surface area contributed by atoms with E-state index in [0.29, 0.717) is 15.9 Å². The van der Waals surface area contributed by atoms with Crippen molar-refractivity contribution in [3.8, 4) is 5.75 Å². The second-order valence-corrected chi connectivity index (χ2v) is 6.14.